The second-order valence-electron chi connectivity index (χ2n) is 17.7. The molecule has 8 heteroatoms. The topological polar surface area (TPSA) is 92.4 Å². The molecule has 0 N–H and O–H groups in total. The fourth-order valence-electron chi connectivity index (χ4n) is 10.3. The van der Waals surface area contributed by atoms with Gasteiger partial charge in [-0.1, -0.05) is 103 Å². The Morgan fingerprint density at radius 1 is 0.361 bits per heavy atom. The Balaban J connectivity index is 0.000000140. The number of nitriles is 2. The minimum absolute atomic E-state index is 0.566. The van der Waals surface area contributed by atoms with E-state index in [1.807, 2.05) is 115 Å². The van der Waals surface area contributed by atoms with Crippen molar-refractivity contribution in [1.82, 2.24) is 9.13 Å². The molecule has 4 aromatic heterocycles. The lowest BCUT2D eigenvalue weighted by atomic mass is 10.0. The first-order chi connectivity index (χ1) is 35.5. The van der Waals surface area contributed by atoms with Gasteiger partial charge in [0.05, 0.1) is 47.1 Å². The highest BCUT2D eigenvalue weighted by Gasteiger charge is 2.18. The Morgan fingerprint density at radius 3 is 1.42 bits per heavy atom. The van der Waals surface area contributed by atoms with Crippen LogP contribution in [-0.4, -0.2) is 9.13 Å². The molecule has 0 aliphatic carbocycles. The molecular weight excluding hydrogens is 885 g/mol. The quantitative estimate of drug-likeness (QED) is 0.164. The molecule has 0 atom stereocenters. The van der Waals surface area contributed by atoms with Gasteiger partial charge in [-0.3, -0.25) is 0 Å². The Labute approximate surface area is 411 Å². The lowest BCUT2D eigenvalue weighted by Crippen LogP contribution is -1.97. The summed E-state index contributed by atoms with van der Waals surface area (Å²) in [5.74, 6) is 0. The number of aromatic nitrogens is 2. The Morgan fingerprint density at radius 2 is 0.847 bits per heavy atom. The smallest absolute Gasteiger partial charge is 0.189 e. The number of rotatable bonds is 4. The molecule has 0 radical (unpaired) electrons. The third-order valence-corrected chi connectivity index (χ3v) is 13.7. The molecule has 0 aliphatic rings. The van der Waals surface area contributed by atoms with Crippen molar-refractivity contribution < 1.29 is 8.83 Å². The van der Waals surface area contributed by atoms with Gasteiger partial charge in [0.2, 0.25) is 0 Å². The van der Waals surface area contributed by atoms with E-state index in [-0.39, 0.29) is 0 Å². The molecule has 0 saturated heterocycles. The molecule has 8 nitrogen and oxygen atoms in total. The largest absolute Gasteiger partial charge is 0.456 e. The number of hydrogen-bond donors (Lipinski definition) is 0. The molecule has 10 aromatic carbocycles. The van der Waals surface area contributed by atoms with Gasteiger partial charge in [0.25, 0.3) is 0 Å². The van der Waals surface area contributed by atoms with E-state index in [2.05, 4.69) is 116 Å². The third kappa shape index (κ3) is 6.65. The maximum absolute atomic E-state index is 9.77. The summed E-state index contributed by atoms with van der Waals surface area (Å²) < 4.78 is 16.5. The van der Waals surface area contributed by atoms with Gasteiger partial charge in [0, 0.05) is 59.8 Å². The molecule has 0 spiro atoms. The summed E-state index contributed by atoms with van der Waals surface area (Å²) in [7, 11) is 0. The first-order valence-corrected chi connectivity index (χ1v) is 23.2. The number of nitrogens with zero attached hydrogens (tertiary/aromatic N) is 6. The number of hydrogen-bond acceptors (Lipinski definition) is 4. The average Bonchev–Trinajstić information content (AvgIpc) is 4.19. The second kappa shape index (κ2) is 16.6. The second-order valence-corrected chi connectivity index (χ2v) is 17.7. The van der Waals surface area contributed by atoms with Crippen LogP contribution in [0.4, 0.5) is 11.4 Å². The minimum atomic E-state index is 0.566. The predicted octanol–water partition coefficient (Wildman–Crippen LogP) is 17.5. The monoisotopic (exact) mass is 918 g/mol. The molecule has 332 valence electrons. The first-order valence-electron chi connectivity index (χ1n) is 23.2. The van der Waals surface area contributed by atoms with Crippen LogP contribution in [0.3, 0.4) is 0 Å². The third-order valence-electron chi connectivity index (χ3n) is 13.7. The average molecular weight is 919 g/mol. The van der Waals surface area contributed by atoms with E-state index < -0.39 is 0 Å². The zero-order chi connectivity index (χ0) is 48.5. The Hall–Kier alpha value is -10.6. The molecule has 0 bridgehead atoms. The molecule has 0 amide bonds. The molecule has 0 unspecified atom stereocenters. The van der Waals surface area contributed by atoms with Crippen LogP contribution in [0.2, 0.25) is 0 Å². The van der Waals surface area contributed by atoms with E-state index in [1.165, 1.54) is 0 Å². The first kappa shape index (κ1) is 41.5. The molecule has 0 aliphatic heterocycles. The number of furan rings is 2. The molecule has 72 heavy (non-hydrogen) atoms. The van der Waals surface area contributed by atoms with Crippen LogP contribution >= 0.6 is 0 Å². The van der Waals surface area contributed by atoms with E-state index in [0.717, 1.165) is 121 Å². The van der Waals surface area contributed by atoms with Crippen molar-refractivity contribution in [3.63, 3.8) is 0 Å². The van der Waals surface area contributed by atoms with Crippen LogP contribution in [0.1, 0.15) is 11.1 Å². The van der Waals surface area contributed by atoms with Gasteiger partial charge >= 0.3 is 0 Å². The standard InChI is InChI=1S/2C32H17N3O/c1-34-23-12-14-24-27-16-20(21-10-13-26-25-7-3-5-9-31(25)36-32(26)17-21)11-15-29(27)35(30(24)18-23)28-8-4-2-6-22(28)19-33;1-34-23-11-13-25-28-16-21(22-9-12-27-26-7-2-3-8-31(26)36-32(27)17-22)10-14-29(28)35(30(25)18-23)24-6-4-5-20(15-24)19-33/h2*2-18H. The number of fused-ring (bicyclic) bond motifs is 12. The summed E-state index contributed by atoms with van der Waals surface area (Å²) >= 11 is 0. The van der Waals surface area contributed by atoms with Gasteiger partial charge in [-0.2, -0.15) is 10.5 Å². The summed E-state index contributed by atoms with van der Waals surface area (Å²) in [5.41, 5.74) is 15.7. The lowest BCUT2D eigenvalue weighted by Gasteiger charge is -2.10. The number of para-hydroxylation sites is 3. The normalized spacial score (nSPS) is 11.3. The number of benzene rings is 10. The van der Waals surface area contributed by atoms with Crippen LogP contribution in [0, 0.1) is 35.8 Å². The maximum Gasteiger partial charge on any atom is 0.189 e. The minimum Gasteiger partial charge on any atom is -0.456 e. The van der Waals surface area contributed by atoms with Gasteiger partial charge in [-0.05, 0) is 125 Å². The highest BCUT2D eigenvalue weighted by Crippen LogP contribution is 2.41. The molecule has 0 saturated carbocycles. The lowest BCUT2D eigenvalue weighted by molar-refractivity contribution is 0.668. The predicted molar refractivity (Wildman–Crippen MR) is 289 cm³/mol. The van der Waals surface area contributed by atoms with Crippen molar-refractivity contribution >= 4 is 98.9 Å². The van der Waals surface area contributed by atoms with E-state index in [0.29, 0.717) is 22.5 Å². The van der Waals surface area contributed by atoms with E-state index in [9.17, 15) is 10.5 Å². The highest BCUT2D eigenvalue weighted by molar-refractivity contribution is 6.14. The summed E-state index contributed by atoms with van der Waals surface area (Å²) in [6.45, 7) is 15.0. The van der Waals surface area contributed by atoms with Gasteiger partial charge in [-0.15, -0.1) is 0 Å². The van der Waals surface area contributed by atoms with Crippen molar-refractivity contribution in [3.8, 4) is 45.8 Å². The summed E-state index contributed by atoms with van der Waals surface area (Å²) in [6.07, 6.45) is 0. The molecular formula is C64H34N6O2. The summed E-state index contributed by atoms with van der Waals surface area (Å²) in [4.78, 5) is 7.29. The van der Waals surface area contributed by atoms with Crippen molar-refractivity contribution in [2.24, 2.45) is 0 Å². The van der Waals surface area contributed by atoms with Crippen LogP contribution < -0.4 is 0 Å². The zero-order valence-corrected chi connectivity index (χ0v) is 38.1. The zero-order valence-electron chi connectivity index (χ0n) is 38.1. The fraction of sp³-hybridized carbons (Fsp3) is 0. The molecule has 14 aromatic rings. The van der Waals surface area contributed by atoms with Crippen LogP contribution in [-0.2, 0) is 0 Å². The van der Waals surface area contributed by atoms with Crippen LogP contribution in [0.15, 0.2) is 215 Å². The summed E-state index contributed by atoms with van der Waals surface area (Å²) in [5, 5.41) is 27.9. The molecule has 4 heterocycles. The van der Waals surface area contributed by atoms with Crippen molar-refractivity contribution in [2.45, 2.75) is 0 Å². The van der Waals surface area contributed by atoms with E-state index in [4.69, 9.17) is 22.0 Å². The van der Waals surface area contributed by atoms with E-state index >= 15 is 0 Å². The van der Waals surface area contributed by atoms with Gasteiger partial charge in [-0.25, -0.2) is 9.69 Å². The van der Waals surface area contributed by atoms with Crippen LogP contribution in [0.5, 0.6) is 0 Å². The SMILES string of the molecule is [C-]#[N+]c1ccc2c3cc(-c4ccc5c(c4)oc4ccccc45)ccc3n(-c3cccc(C#N)c3)c2c1.[C-]#[N+]c1ccc2c3cc(-c4ccc5c(c4)oc4ccccc45)ccc3n(-c3ccccc3C#N)c2c1. The highest BCUT2D eigenvalue weighted by atomic mass is 16.3. The van der Waals surface area contributed by atoms with Gasteiger partial charge < -0.3 is 18.0 Å². The summed E-state index contributed by atoms with van der Waals surface area (Å²) in [6, 6.07) is 72.9. The maximum atomic E-state index is 9.77. The fourth-order valence-corrected chi connectivity index (χ4v) is 10.3. The van der Waals surface area contributed by atoms with Crippen molar-refractivity contribution in [1.29, 1.82) is 10.5 Å². The van der Waals surface area contributed by atoms with Gasteiger partial charge in [0.1, 0.15) is 28.4 Å². The Kier molecular flexibility index (Phi) is 9.55. The van der Waals surface area contributed by atoms with Crippen molar-refractivity contribution in [3.05, 3.63) is 240 Å². The van der Waals surface area contributed by atoms with Crippen molar-refractivity contribution in [2.75, 3.05) is 0 Å². The van der Waals surface area contributed by atoms with Gasteiger partial charge in [0.15, 0.2) is 11.4 Å². The Bertz CT molecular complexity index is 4760. The van der Waals surface area contributed by atoms with E-state index in [1.54, 1.807) is 6.07 Å². The molecule has 14 rings (SSSR count). The van der Waals surface area contributed by atoms with Crippen LogP contribution in [0.25, 0.3) is 131 Å². The molecule has 0 fully saturated rings.